The van der Waals surface area contributed by atoms with Crippen molar-refractivity contribution in [3.05, 3.63) is 48.4 Å². The van der Waals surface area contributed by atoms with Crippen molar-refractivity contribution in [2.45, 2.75) is 108 Å². The van der Waals surface area contributed by atoms with Crippen LogP contribution < -0.4 is 21.3 Å². The first-order chi connectivity index (χ1) is 25.9. The molecule has 0 radical (unpaired) electrons. The lowest BCUT2D eigenvalue weighted by molar-refractivity contribution is -0.163. The van der Waals surface area contributed by atoms with Gasteiger partial charge in [0.15, 0.2) is 0 Å². The second-order valence-corrected chi connectivity index (χ2v) is 14.6. The van der Waals surface area contributed by atoms with Crippen molar-refractivity contribution in [3.8, 4) is 0 Å². The maximum Gasteiger partial charge on any atom is 0.329 e. The number of carbonyl (C=O) groups excluding carboxylic acids is 7. The number of benzene rings is 1. The van der Waals surface area contributed by atoms with Crippen molar-refractivity contribution in [1.29, 1.82) is 0 Å². The van der Waals surface area contributed by atoms with E-state index in [1.807, 2.05) is 13.0 Å². The van der Waals surface area contributed by atoms with Crippen molar-refractivity contribution in [1.82, 2.24) is 35.6 Å². The van der Waals surface area contributed by atoms with Gasteiger partial charge in [-0.3, -0.25) is 29.3 Å². The van der Waals surface area contributed by atoms with E-state index >= 15 is 0 Å². The molecule has 7 amide bonds. The highest BCUT2D eigenvalue weighted by atomic mass is 16.5. The zero-order chi connectivity index (χ0) is 38.5. The minimum atomic E-state index is -1.49. The predicted molar refractivity (Wildman–Crippen MR) is 191 cm³/mol. The normalized spacial score (nSPS) is 28.7. The quantitative estimate of drug-likeness (QED) is 0.307. The molecule has 8 unspecified atom stereocenters. The van der Waals surface area contributed by atoms with Crippen LogP contribution in [0.2, 0.25) is 0 Å². The van der Waals surface area contributed by atoms with Crippen LogP contribution in [0.15, 0.2) is 47.2 Å². The van der Waals surface area contributed by atoms with Gasteiger partial charge in [0.05, 0.1) is 6.20 Å². The molecule has 4 N–H and O–H groups in total. The molecule has 0 spiro atoms. The van der Waals surface area contributed by atoms with Crippen LogP contribution in [0, 0.1) is 5.92 Å². The number of fused-ring (bicyclic) bond motifs is 3. The summed E-state index contributed by atoms with van der Waals surface area (Å²) in [6.07, 6.45) is 4.25. The number of cyclic esters (lactones) is 1. The van der Waals surface area contributed by atoms with Crippen molar-refractivity contribution in [3.63, 3.8) is 0 Å². The Labute approximate surface area is 312 Å². The molecule has 17 heteroatoms. The molecule has 1 aromatic heterocycles. The number of rotatable bonds is 6. The van der Waals surface area contributed by atoms with Crippen LogP contribution in [0.3, 0.4) is 0 Å². The van der Waals surface area contributed by atoms with E-state index in [2.05, 4.69) is 26.3 Å². The number of aromatic nitrogens is 1. The van der Waals surface area contributed by atoms with Crippen molar-refractivity contribution in [2.75, 3.05) is 25.0 Å². The molecule has 5 heterocycles. The molecular weight excluding hydrogens is 700 g/mol. The van der Waals surface area contributed by atoms with Crippen LogP contribution >= 0.6 is 0 Å². The lowest BCUT2D eigenvalue weighted by Crippen LogP contribution is -2.63. The Balaban J connectivity index is 1.33. The summed E-state index contributed by atoms with van der Waals surface area (Å²) >= 11 is 0. The number of nitrogens with zero attached hydrogens (tertiary/aromatic N) is 4. The average Bonchev–Trinajstić information content (AvgIpc) is 3.94. The second kappa shape index (κ2) is 16.7. The molecule has 1 aromatic carbocycles. The van der Waals surface area contributed by atoms with Crippen molar-refractivity contribution < 1.29 is 42.7 Å². The number of oxazole rings is 1. The smallest absolute Gasteiger partial charge is 0.329 e. The summed E-state index contributed by atoms with van der Waals surface area (Å²) in [5.41, 5.74) is 0.706. The third kappa shape index (κ3) is 8.50. The van der Waals surface area contributed by atoms with E-state index in [9.17, 15) is 33.6 Å². The van der Waals surface area contributed by atoms with E-state index in [0.717, 1.165) is 0 Å². The van der Waals surface area contributed by atoms with Gasteiger partial charge in [-0.15, -0.1) is 0 Å². The number of ether oxygens (including phenoxy) is 1. The Hall–Kier alpha value is -5.48. The third-order valence-corrected chi connectivity index (χ3v) is 10.6. The molecule has 0 saturated carbocycles. The van der Waals surface area contributed by atoms with Gasteiger partial charge in [0.1, 0.15) is 48.6 Å². The maximum absolute atomic E-state index is 14.6. The van der Waals surface area contributed by atoms with Gasteiger partial charge in [0.25, 0.3) is 0 Å². The van der Waals surface area contributed by atoms with Gasteiger partial charge in [0, 0.05) is 26.1 Å². The first-order valence-corrected chi connectivity index (χ1v) is 18.6. The minimum absolute atomic E-state index is 0.0270. The molecule has 6 rings (SSSR count). The summed E-state index contributed by atoms with van der Waals surface area (Å²) < 4.78 is 11.0. The van der Waals surface area contributed by atoms with Gasteiger partial charge in [-0.05, 0) is 63.9 Å². The molecule has 0 aliphatic carbocycles. The summed E-state index contributed by atoms with van der Waals surface area (Å²) in [6.45, 7) is 5.67. The lowest BCUT2D eigenvalue weighted by Gasteiger charge is -2.39. The van der Waals surface area contributed by atoms with Gasteiger partial charge in [-0.25, -0.2) is 14.6 Å². The SMILES string of the molecule is CC1CC2C(=O)OC(C)C(NC(=O)C(Cc3ccccc3)NC(=O)Nc3ncco3)C(=O)N3CCCC3C(=O)N3CCCCC3C(=O)NC(C)C(=O)N2C1. The highest BCUT2D eigenvalue weighted by molar-refractivity contribution is 5.98. The van der Waals surface area contributed by atoms with Crippen molar-refractivity contribution in [2.24, 2.45) is 5.92 Å². The number of amides is 7. The molecule has 17 nitrogen and oxygen atoms in total. The van der Waals surface area contributed by atoms with Crippen LogP contribution in [-0.2, 0) is 39.9 Å². The molecule has 8 atom stereocenters. The zero-order valence-corrected chi connectivity index (χ0v) is 30.7. The Morgan fingerprint density at radius 2 is 1.61 bits per heavy atom. The highest BCUT2D eigenvalue weighted by Crippen LogP contribution is 2.28. The molecule has 290 valence electrons. The van der Waals surface area contributed by atoms with Crippen LogP contribution in [0.25, 0.3) is 0 Å². The molecular formula is C37H48N8O9. The van der Waals surface area contributed by atoms with Crippen LogP contribution in [0.1, 0.15) is 64.9 Å². The number of hydrogen-bond acceptors (Lipinski definition) is 10. The van der Waals surface area contributed by atoms with E-state index in [0.29, 0.717) is 50.6 Å². The topological polar surface area (TPSA) is 213 Å². The Bertz CT molecular complexity index is 1720. The van der Waals surface area contributed by atoms with Gasteiger partial charge in [0.2, 0.25) is 29.5 Å². The first kappa shape index (κ1) is 38.3. The highest BCUT2D eigenvalue weighted by Gasteiger charge is 2.47. The Kier molecular flexibility index (Phi) is 11.8. The molecule has 54 heavy (non-hydrogen) atoms. The molecule has 0 bridgehead atoms. The summed E-state index contributed by atoms with van der Waals surface area (Å²) in [5.74, 6) is -3.59. The first-order valence-electron chi connectivity index (χ1n) is 18.6. The number of carbonyl (C=O) groups is 7. The fourth-order valence-corrected chi connectivity index (χ4v) is 7.86. The zero-order valence-electron chi connectivity index (χ0n) is 30.7. The van der Waals surface area contributed by atoms with Crippen molar-refractivity contribution >= 4 is 47.6 Å². The molecule has 4 aliphatic rings. The molecule has 4 fully saturated rings. The summed E-state index contributed by atoms with van der Waals surface area (Å²) in [5, 5.41) is 10.6. The Morgan fingerprint density at radius 3 is 2.35 bits per heavy atom. The maximum atomic E-state index is 14.6. The molecule has 4 saturated heterocycles. The van der Waals surface area contributed by atoms with E-state index in [1.54, 1.807) is 31.2 Å². The number of urea groups is 1. The van der Waals surface area contributed by atoms with Crippen LogP contribution in [0.5, 0.6) is 0 Å². The standard InChI is InChI=1S/C37H48N8O9/c1-21-18-28-35(51)54-23(3)29(41-30(46)25(19-24-10-5-4-6-11-24)40-36(52)42-37-38-14-17-53-37)34(50)44-16-9-13-27(44)33(49)43-15-8-7-12-26(43)31(47)39-22(2)32(48)45(28)20-21/h4-6,10-11,14,17,21-23,25-29H,7-9,12-13,15-16,18-20H2,1-3H3,(H,39,47)(H,41,46)(H2,38,40,42,52). The number of hydrogen-bond donors (Lipinski definition) is 4. The largest absolute Gasteiger partial charge is 0.458 e. The monoisotopic (exact) mass is 748 g/mol. The number of anilines is 1. The molecule has 4 aliphatic heterocycles. The minimum Gasteiger partial charge on any atom is -0.458 e. The van der Waals surface area contributed by atoms with Gasteiger partial charge in [-0.1, -0.05) is 37.3 Å². The van der Waals surface area contributed by atoms with E-state index in [-0.39, 0.29) is 31.4 Å². The lowest BCUT2D eigenvalue weighted by atomic mass is 9.99. The Morgan fingerprint density at radius 1 is 0.889 bits per heavy atom. The number of nitrogens with one attached hydrogen (secondary N) is 4. The van der Waals surface area contributed by atoms with Crippen LogP contribution in [0.4, 0.5) is 10.8 Å². The summed E-state index contributed by atoms with van der Waals surface area (Å²) in [6, 6.07) is 1.58. The van der Waals surface area contributed by atoms with Crippen LogP contribution in [-0.4, -0.2) is 123 Å². The molecule has 2 aromatic rings. The van der Waals surface area contributed by atoms with Gasteiger partial charge < -0.3 is 39.8 Å². The fourth-order valence-electron chi connectivity index (χ4n) is 7.86. The van der Waals surface area contributed by atoms with E-state index in [4.69, 9.17) is 9.15 Å². The second-order valence-electron chi connectivity index (χ2n) is 14.6. The number of esters is 1. The van der Waals surface area contributed by atoms with Gasteiger partial charge in [-0.2, -0.15) is 0 Å². The predicted octanol–water partition coefficient (Wildman–Crippen LogP) is 0.951. The summed E-state index contributed by atoms with van der Waals surface area (Å²) in [4.78, 5) is 105. The summed E-state index contributed by atoms with van der Waals surface area (Å²) in [7, 11) is 0. The average molecular weight is 749 g/mol. The fraction of sp³-hybridized carbons (Fsp3) is 0.568. The third-order valence-electron chi connectivity index (χ3n) is 10.6. The van der Waals surface area contributed by atoms with E-state index in [1.165, 1.54) is 34.1 Å². The number of piperidine rings is 1. The van der Waals surface area contributed by atoms with E-state index < -0.39 is 83.9 Å². The van der Waals surface area contributed by atoms with Gasteiger partial charge >= 0.3 is 18.0 Å².